The van der Waals surface area contributed by atoms with E-state index in [2.05, 4.69) is 149 Å². The maximum absolute atomic E-state index is 3.73. The molecule has 4 rings (SSSR count). The molecule has 0 fully saturated rings. The van der Waals surface area contributed by atoms with Gasteiger partial charge in [-0.1, -0.05) is 76.6 Å². The van der Waals surface area contributed by atoms with E-state index in [1.807, 2.05) is 0 Å². The topological polar surface area (TPSA) is 19.5 Å². The minimum atomic E-state index is 0.801. The molecular weight excluding hydrogens is 470 g/mol. The van der Waals surface area contributed by atoms with E-state index in [-0.39, 0.29) is 0 Å². The molecular formula is C29H30BrN3+2. The Kier molecular flexibility index (Phi) is 7.71. The quantitative estimate of drug-likeness (QED) is 0.195. The van der Waals surface area contributed by atoms with Crippen molar-refractivity contribution in [2.75, 3.05) is 19.4 Å². The van der Waals surface area contributed by atoms with Gasteiger partial charge >= 0.3 is 0 Å². The molecule has 4 heteroatoms. The maximum atomic E-state index is 3.73. The van der Waals surface area contributed by atoms with Gasteiger partial charge in [-0.3, -0.25) is 4.58 Å². The lowest BCUT2D eigenvalue weighted by molar-refractivity contribution is -0.786. The highest BCUT2D eigenvalue weighted by molar-refractivity contribution is 9.10. The minimum Gasteiger partial charge on any atom is -0.307 e. The summed E-state index contributed by atoms with van der Waals surface area (Å²) >= 11 is 3.55. The third kappa shape index (κ3) is 6.41. The van der Waals surface area contributed by atoms with Gasteiger partial charge in [0.15, 0.2) is 0 Å². The van der Waals surface area contributed by atoms with Gasteiger partial charge in [0.25, 0.3) is 5.84 Å². The van der Waals surface area contributed by atoms with Crippen LogP contribution >= 0.6 is 15.9 Å². The molecule has 0 radical (unpaired) electrons. The molecule has 0 aromatic heterocycles. The van der Waals surface area contributed by atoms with E-state index < -0.39 is 0 Å². The summed E-state index contributed by atoms with van der Waals surface area (Å²) in [4.78, 5) is 1.31. The fraction of sp³-hybridized carbons (Fsp3) is 0.138. The SMILES string of the molecule is C[NH+](C)c1ccc(C(Nc2ccc(Br)cc2)=[N+](Cc2ccccc2)Cc2ccccc2)cc1. The second-order valence-electron chi connectivity index (χ2n) is 8.39. The van der Waals surface area contributed by atoms with Crippen molar-refractivity contribution in [3.05, 3.63) is 130 Å². The molecule has 0 atom stereocenters. The molecule has 0 amide bonds. The first-order valence-corrected chi connectivity index (χ1v) is 12.0. The first-order chi connectivity index (χ1) is 16.1. The summed E-state index contributed by atoms with van der Waals surface area (Å²) in [6, 6.07) is 38.5. The van der Waals surface area contributed by atoms with Crippen LogP contribution in [0.2, 0.25) is 0 Å². The van der Waals surface area contributed by atoms with Gasteiger partial charge in [0, 0.05) is 4.47 Å². The fourth-order valence-electron chi connectivity index (χ4n) is 3.79. The third-order valence-corrected chi connectivity index (χ3v) is 6.12. The number of nitrogens with zero attached hydrogens (tertiary/aromatic N) is 1. The highest BCUT2D eigenvalue weighted by Gasteiger charge is 2.19. The first kappa shape index (κ1) is 23.0. The number of anilines is 1. The van der Waals surface area contributed by atoms with Crippen LogP contribution in [-0.2, 0) is 13.1 Å². The second kappa shape index (κ2) is 11.1. The normalized spacial score (nSPS) is 10.8. The van der Waals surface area contributed by atoms with Crippen LogP contribution in [0.25, 0.3) is 0 Å². The molecule has 0 spiro atoms. The largest absolute Gasteiger partial charge is 0.307 e. The second-order valence-corrected chi connectivity index (χ2v) is 9.30. The van der Waals surface area contributed by atoms with Gasteiger partial charge in [-0.05, 0) is 59.7 Å². The Morgan fingerprint density at radius 2 is 1.21 bits per heavy atom. The predicted octanol–water partition coefficient (Wildman–Crippen LogP) is 5.50. The Morgan fingerprint density at radius 1 is 0.697 bits per heavy atom. The highest BCUT2D eigenvalue weighted by Crippen LogP contribution is 2.17. The van der Waals surface area contributed by atoms with E-state index in [0.717, 1.165) is 34.6 Å². The van der Waals surface area contributed by atoms with Crippen molar-refractivity contribution in [1.82, 2.24) is 0 Å². The standard InChI is InChI=1S/C29H28BrN3/c1-32(2)28-19-13-25(14-20-28)29(31-27-17-15-26(30)16-18-27)33(21-23-9-5-3-6-10-23)22-24-11-7-4-8-12-24/h3-20H,21-22H2,1-2H3/p+2. The van der Waals surface area contributed by atoms with Gasteiger partial charge in [-0.15, -0.1) is 0 Å². The number of halogens is 1. The Labute approximate surface area is 205 Å². The van der Waals surface area contributed by atoms with E-state index in [1.54, 1.807) is 0 Å². The average molecular weight is 500 g/mol. The fourth-order valence-corrected chi connectivity index (χ4v) is 4.05. The molecule has 0 aliphatic carbocycles. The van der Waals surface area contributed by atoms with Crippen molar-refractivity contribution in [2.24, 2.45) is 0 Å². The van der Waals surface area contributed by atoms with E-state index in [0.29, 0.717) is 0 Å². The van der Waals surface area contributed by atoms with Crippen LogP contribution in [0.15, 0.2) is 114 Å². The van der Waals surface area contributed by atoms with Crippen molar-refractivity contribution in [1.29, 1.82) is 0 Å². The highest BCUT2D eigenvalue weighted by atomic mass is 79.9. The summed E-state index contributed by atoms with van der Waals surface area (Å²) in [5, 5.41) is 3.73. The molecule has 0 unspecified atom stereocenters. The number of hydrogen-bond donors (Lipinski definition) is 2. The molecule has 4 aromatic carbocycles. The van der Waals surface area contributed by atoms with Crippen LogP contribution < -0.4 is 10.2 Å². The molecule has 166 valence electrons. The number of nitrogens with one attached hydrogen (secondary N) is 2. The number of hydrogen-bond acceptors (Lipinski definition) is 0. The lowest BCUT2D eigenvalue weighted by Crippen LogP contribution is -3.00. The van der Waals surface area contributed by atoms with Crippen LogP contribution in [0.1, 0.15) is 16.7 Å². The van der Waals surface area contributed by atoms with Gasteiger partial charge in [0.1, 0.15) is 24.5 Å². The lowest BCUT2D eigenvalue weighted by Gasteiger charge is -2.15. The van der Waals surface area contributed by atoms with Crippen molar-refractivity contribution < 1.29 is 9.48 Å². The summed E-state index contributed by atoms with van der Waals surface area (Å²) in [5.41, 5.74) is 6.03. The summed E-state index contributed by atoms with van der Waals surface area (Å²) in [7, 11) is 4.30. The molecule has 0 bridgehead atoms. The van der Waals surface area contributed by atoms with Crippen LogP contribution in [0, 0.1) is 0 Å². The van der Waals surface area contributed by atoms with Crippen LogP contribution in [-0.4, -0.2) is 24.5 Å². The number of benzene rings is 4. The Bertz CT molecular complexity index is 1140. The van der Waals surface area contributed by atoms with Gasteiger partial charge in [-0.2, -0.15) is 0 Å². The molecule has 3 nitrogen and oxygen atoms in total. The Morgan fingerprint density at radius 3 is 1.70 bits per heavy atom. The zero-order valence-electron chi connectivity index (χ0n) is 19.1. The van der Waals surface area contributed by atoms with Crippen molar-refractivity contribution >= 4 is 33.1 Å². The van der Waals surface area contributed by atoms with Crippen LogP contribution in [0.3, 0.4) is 0 Å². The Hall–Kier alpha value is -3.21. The van der Waals surface area contributed by atoms with Crippen LogP contribution in [0.4, 0.5) is 11.4 Å². The van der Waals surface area contributed by atoms with Crippen molar-refractivity contribution in [2.45, 2.75) is 13.1 Å². The summed E-state index contributed by atoms with van der Waals surface area (Å²) in [6.07, 6.45) is 0. The third-order valence-electron chi connectivity index (χ3n) is 5.59. The summed E-state index contributed by atoms with van der Waals surface area (Å²) in [5.74, 6) is 1.09. The number of amidine groups is 1. The Balaban J connectivity index is 1.82. The maximum Gasteiger partial charge on any atom is 0.282 e. The molecule has 0 aliphatic heterocycles. The lowest BCUT2D eigenvalue weighted by atomic mass is 10.1. The van der Waals surface area contributed by atoms with E-state index in [9.17, 15) is 0 Å². The average Bonchev–Trinajstić information content (AvgIpc) is 2.85. The summed E-state index contributed by atoms with van der Waals surface area (Å²) < 4.78 is 3.49. The number of quaternary nitrogens is 1. The zero-order chi connectivity index (χ0) is 23.0. The monoisotopic (exact) mass is 499 g/mol. The molecule has 33 heavy (non-hydrogen) atoms. The van der Waals surface area contributed by atoms with Gasteiger partial charge < -0.3 is 4.90 Å². The zero-order valence-corrected chi connectivity index (χ0v) is 20.7. The molecule has 0 saturated carbocycles. The van der Waals surface area contributed by atoms with Crippen molar-refractivity contribution in [3.8, 4) is 0 Å². The predicted molar refractivity (Wildman–Crippen MR) is 141 cm³/mol. The van der Waals surface area contributed by atoms with Gasteiger partial charge in [-0.25, -0.2) is 5.32 Å². The molecule has 4 aromatic rings. The molecule has 2 N–H and O–H groups in total. The summed E-state index contributed by atoms with van der Waals surface area (Å²) in [6.45, 7) is 1.60. The molecule has 0 aliphatic rings. The van der Waals surface area contributed by atoms with Crippen LogP contribution in [0.5, 0.6) is 0 Å². The van der Waals surface area contributed by atoms with E-state index in [4.69, 9.17) is 0 Å². The number of rotatable bonds is 7. The van der Waals surface area contributed by atoms with E-state index in [1.165, 1.54) is 21.7 Å². The van der Waals surface area contributed by atoms with Gasteiger partial charge in [0.2, 0.25) is 0 Å². The van der Waals surface area contributed by atoms with Crippen molar-refractivity contribution in [3.63, 3.8) is 0 Å². The van der Waals surface area contributed by atoms with Gasteiger partial charge in [0.05, 0.1) is 19.7 Å². The smallest absolute Gasteiger partial charge is 0.282 e. The minimum absolute atomic E-state index is 0.801. The van der Waals surface area contributed by atoms with E-state index >= 15 is 0 Å². The molecule has 0 saturated heterocycles. The first-order valence-electron chi connectivity index (χ1n) is 11.2. The molecule has 0 heterocycles.